The fraction of sp³-hybridized carbons (Fsp3) is 0.640. The van der Waals surface area contributed by atoms with Crippen molar-refractivity contribution in [3.8, 4) is 0 Å². The number of hydrogen-bond donors (Lipinski definition) is 1. The van der Waals surface area contributed by atoms with Gasteiger partial charge in [0.2, 0.25) is 0 Å². The molecule has 1 aliphatic carbocycles. The maximum absolute atomic E-state index is 11.9. The summed E-state index contributed by atoms with van der Waals surface area (Å²) in [6, 6.07) is 9.67. The molecule has 1 N–H and O–H groups in total. The van der Waals surface area contributed by atoms with Crippen molar-refractivity contribution >= 4 is 17.7 Å². The average Bonchev–Trinajstić information content (AvgIpc) is 2.93. The van der Waals surface area contributed by atoms with E-state index in [0.29, 0.717) is 37.5 Å². The van der Waals surface area contributed by atoms with E-state index >= 15 is 0 Å². The molecule has 0 aromatic heterocycles. The predicted octanol–water partition coefficient (Wildman–Crippen LogP) is 3.57. The van der Waals surface area contributed by atoms with Gasteiger partial charge in [-0.3, -0.25) is 0 Å². The highest BCUT2D eigenvalue weighted by atomic mass is 16.5. The van der Waals surface area contributed by atoms with Crippen LogP contribution in [0.5, 0.6) is 0 Å². The molecule has 5 rings (SSSR count). The monoisotopic (exact) mass is 439 g/mol. The Morgan fingerprint density at radius 3 is 1.62 bits per heavy atom. The Morgan fingerprint density at radius 1 is 0.750 bits per heavy atom. The van der Waals surface area contributed by atoms with Crippen molar-refractivity contribution in [1.29, 1.82) is 0 Å². The number of aliphatic hydroxyl groups is 1. The Kier molecular flexibility index (Phi) is 4.55. The molecule has 1 fully saturated rings. The van der Waals surface area contributed by atoms with Crippen molar-refractivity contribution in [3.05, 3.63) is 35.9 Å². The smallest absolute Gasteiger partial charge is 0.195 e. The topological polar surface area (TPSA) is 85.0 Å². The van der Waals surface area contributed by atoms with Crippen LogP contribution in [0.15, 0.2) is 45.3 Å². The van der Waals surface area contributed by atoms with Gasteiger partial charge in [-0.2, -0.15) is 0 Å². The fourth-order valence-electron chi connectivity index (χ4n) is 5.09. The van der Waals surface area contributed by atoms with Gasteiger partial charge in [-0.1, -0.05) is 30.3 Å². The van der Waals surface area contributed by atoms with Crippen LogP contribution in [-0.4, -0.2) is 59.2 Å². The van der Waals surface area contributed by atoms with Crippen LogP contribution in [-0.2, 0) is 14.2 Å². The first kappa shape index (κ1) is 21.4. The van der Waals surface area contributed by atoms with Crippen molar-refractivity contribution < 1.29 is 19.3 Å². The summed E-state index contributed by atoms with van der Waals surface area (Å²) in [5.41, 5.74) is -1.09. The second-order valence-corrected chi connectivity index (χ2v) is 11.3. The summed E-state index contributed by atoms with van der Waals surface area (Å²) in [7, 11) is 0. The van der Waals surface area contributed by atoms with Gasteiger partial charge in [0.15, 0.2) is 17.7 Å². The summed E-state index contributed by atoms with van der Waals surface area (Å²) >= 11 is 0. The van der Waals surface area contributed by atoms with Gasteiger partial charge in [0.25, 0.3) is 0 Å². The van der Waals surface area contributed by atoms with Crippen LogP contribution in [0.2, 0.25) is 0 Å². The molecule has 1 aromatic carbocycles. The van der Waals surface area contributed by atoms with E-state index < -0.39 is 11.5 Å². The van der Waals surface area contributed by atoms with Crippen LogP contribution < -0.4 is 0 Å². The number of ether oxygens (including phenoxy) is 3. The second-order valence-electron chi connectivity index (χ2n) is 11.3. The molecule has 1 saturated carbocycles. The Bertz CT molecular complexity index is 969. The molecule has 0 amide bonds. The van der Waals surface area contributed by atoms with Crippen molar-refractivity contribution in [1.82, 2.24) is 0 Å². The zero-order chi connectivity index (χ0) is 22.9. The Balaban J connectivity index is 1.68. The lowest BCUT2D eigenvalue weighted by Gasteiger charge is -2.24. The minimum Gasteiger partial charge on any atom is -0.478 e. The van der Waals surface area contributed by atoms with E-state index in [9.17, 15) is 5.11 Å². The van der Waals surface area contributed by atoms with Crippen molar-refractivity contribution in [2.75, 3.05) is 19.8 Å². The lowest BCUT2D eigenvalue weighted by molar-refractivity contribution is 0.102. The van der Waals surface area contributed by atoms with Crippen LogP contribution in [0.3, 0.4) is 0 Å². The van der Waals surface area contributed by atoms with Crippen LogP contribution in [0, 0.1) is 17.3 Å². The van der Waals surface area contributed by atoms with E-state index in [4.69, 9.17) is 29.2 Å². The first-order valence-electron chi connectivity index (χ1n) is 11.4. The predicted molar refractivity (Wildman–Crippen MR) is 123 cm³/mol. The van der Waals surface area contributed by atoms with Crippen molar-refractivity contribution in [3.63, 3.8) is 0 Å². The molecule has 0 spiro atoms. The van der Waals surface area contributed by atoms with Crippen molar-refractivity contribution in [2.45, 2.75) is 64.3 Å². The quantitative estimate of drug-likeness (QED) is 0.760. The molecule has 3 heterocycles. The molecule has 32 heavy (non-hydrogen) atoms. The minimum absolute atomic E-state index is 0.264. The van der Waals surface area contributed by atoms with E-state index in [1.807, 2.05) is 71.9 Å². The molecule has 172 valence electrons. The normalized spacial score (nSPS) is 34.5. The highest BCUT2D eigenvalue weighted by Gasteiger charge is 2.79. The third kappa shape index (κ3) is 3.33. The van der Waals surface area contributed by atoms with E-state index in [-0.39, 0.29) is 28.5 Å². The highest BCUT2D eigenvalue weighted by Crippen LogP contribution is 2.69. The van der Waals surface area contributed by atoms with E-state index in [1.165, 1.54) is 0 Å². The third-order valence-electron chi connectivity index (χ3n) is 6.66. The van der Waals surface area contributed by atoms with Gasteiger partial charge < -0.3 is 19.3 Å². The van der Waals surface area contributed by atoms with Crippen LogP contribution >= 0.6 is 0 Å². The zero-order valence-corrected chi connectivity index (χ0v) is 19.8. The third-order valence-corrected chi connectivity index (χ3v) is 6.66. The summed E-state index contributed by atoms with van der Waals surface area (Å²) in [5.74, 6) is 1.27. The van der Waals surface area contributed by atoms with Gasteiger partial charge >= 0.3 is 0 Å². The molecule has 1 aromatic rings. The number of aliphatic hydroxyl groups excluding tert-OH is 1. The molecular weight excluding hydrogens is 406 g/mol. The summed E-state index contributed by atoms with van der Waals surface area (Å²) in [6.45, 7) is 13.7. The summed E-state index contributed by atoms with van der Waals surface area (Å²) < 4.78 is 18.4. The molecule has 0 bridgehead atoms. The van der Waals surface area contributed by atoms with Crippen LogP contribution in [0.1, 0.15) is 53.2 Å². The van der Waals surface area contributed by atoms with E-state index in [1.54, 1.807) is 0 Å². The van der Waals surface area contributed by atoms with Gasteiger partial charge in [0.1, 0.15) is 25.2 Å². The van der Waals surface area contributed by atoms with Gasteiger partial charge in [-0.15, -0.1) is 0 Å². The summed E-state index contributed by atoms with van der Waals surface area (Å²) in [4.78, 5) is 14.7. The van der Waals surface area contributed by atoms with Gasteiger partial charge in [-0.25, -0.2) is 15.0 Å². The van der Waals surface area contributed by atoms with Gasteiger partial charge in [0.05, 0.1) is 34.6 Å². The maximum atomic E-state index is 11.9. The molecule has 3 atom stereocenters. The lowest BCUT2D eigenvalue weighted by atomic mass is 9.88. The summed E-state index contributed by atoms with van der Waals surface area (Å²) in [6.07, 6.45) is -0.878. The average molecular weight is 440 g/mol. The first-order valence-corrected chi connectivity index (χ1v) is 11.4. The van der Waals surface area contributed by atoms with E-state index in [2.05, 4.69) is 0 Å². The summed E-state index contributed by atoms with van der Waals surface area (Å²) in [5, 5.41) is 11.9. The molecule has 0 saturated heterocycles. The number of hydrogen-bond acceptors (Lipinski definition) is 7. The molecule has 7 heteroatoms. The first-order chi connectivity index (χ1) is 15.0. The molecule has 4 aliphatic rings. The standard InChI is InChI=1S/C25H33N3O4/c1-22(2)12-30-19(26-22)16-17(20-27-23(3,4)13-31-20)25(16,21-28-24(5,6)14-32-21)18(29)15-10-8-7-9-11-15/h7-11,16-18,29H,12-14H2,1-6H3/t16-,17-,18?/m1/s1. The van der Waals surface area contributed by atoms with Crippen LogP contribution in [0.4, 0.5) is 0 Å². The Labute approximate surface area is 189 Å². The zero-order valence-electron chi connectivity index (χ0n) is 19.8. The lowest BCUT2D eigenvalue weighted by Crippen LogP contribution is -2.31. The maximum Gasteiger partial charge on any atom is 0.195 e. The van der Waals surface area contributed by atoms with Crippen molar-refractivity contribution in [2.24, 2.45) is 32.2 Å². The Morgan fingerprint density at radius 2 is 1.22 bits per heavy atom. The number of benzene rings is 1. The van der Waals surface area contributed by atoms with Crippen LogP contribution in [0.25, 0.3) is 0 Å². The molecule has 0 radical (unpaired) electrons. The second kappa shape index (κ2) is 6.80. The largest absolute Gasteiger partial charge is 0.478 e. The molecular formula is C25H33N3O4. The SMILES string of the molecule is CC1(C)COC([C@H]2[C@H](C3=NC(C)(C)CO3)C2(C2=NC(C)(C)CO2)C(O)c2ccccc2)=N1. The number of rotatable bonds is 5. The highest BCUT2D eigenvalue weighted by molar-refractivity contribution is 6.07. The van der Waals surface area contributed by atoms with Gasteiger partial charge in [-0.05, 0) is 47.1 Å². The number of nitrogens with zero attached hydrogens (tertiary/aromatic N) is 3. The molecule has 7 nitrogen and oxygen atoms in total. The fourth-order valence-corrected chi connectivity index (χ4v) is 5.09. The van der Waals surface area contributed by atoms with E-state index in [0.717, 1.165) is 5.56 Å². The number of aliphatic imine (C=N–C) groups is 3. The molecule has 1 unspecified atom stereocenters. The molecule has 3 aliphatic heterocycles. The Hall–Kier alpha value is -2.41. The van der Waals surface area contributed by atoms with Gasteiger partial charge in [0, 0.05) is 0 Å². The minimum atomic E-state index is -0.881.